The zero-order chi connectivity index (χ0) is 12.8. The zero-order valence-corrected chi connectivity index (χ0v) is 9.09. The van der Waals surface area contributed by atoms with E-state index in [0.29, 0.717) is 0 Å². The summed E-state index contributed by atoms with van der Waals surface area (Å²) in [4.78, 5) is 22.5. The molecule has 0 aliphatic carbocycles. The number of rotatable bonds is 5. The lowest BCUT2D eigenvalue weighted by atomic mass is 10.1. The second-order valence-corrected chi connectivity index (χ2v) is 3.46. The normalized spacial score (nSPS) is 11.8. The highest BCUT2D eigenvalue weighted by Crippen LogP contribution is 2.10. The van der Waals surface area contributed by atoms with Crippen LogP contribution < -0.4 is 11.1 Å². The number of nitrogens with one attached hydrogen (secondary N) is 1. The van der Waals surface area contributed by atoms with Gasteiger partial charge in [0.05, 0.1) is 5.56 Å². The van der Waals surface area contributed by atoms with Crippen molar-refractivity contribution in [2.24, 2.45) is 0 Å². The van der Waals surface area contributed by atoms with Gasteiger partial charge in [0.25, 0.3) is 5.91 Å². The molecular formula is C11H14N2O4. The molecule has 5 N–H and O–H groups in total. The second-order valence-electron chi connectivity index (χ2n) is 3.46. The van der Waals surface area contributed by atoms with Crippen molar-refractivity contribution in [2.75, 3.05) is 12.3 Å². The second kappa shape index (κ2) is 5.86. The Morgan fingerprint density at radius 2 is 2.00 bits per heavy atom. The molecule has 17 heavy (non-hydrogen) atoms. The summed E-state index contributed by atoms with van der Waals surface area (Å²) >= 11 is 0. The number of carbonyl (C=O) groups is 2. The number of hydrogen-bond acceptors (Lipinski definition) is 4. The van der Waals surface area contributed by atoms with Gasteiger partial charge in [-0.15, -0.1) is 0 Å². The van der Waals surface area contributed by atoms with E-state index >= 15 is 0 Å². The van der Waals surface area contributed by atoms with Gasteiger partial charge >= 0.3 is 5.97 Å². The van der Waals surface area contributed by atoms with Crippen LogP contribution in [0.15, 0.2) is 24.3 Å². The average molecular weight is 238 g/mol. The molecule has 0 heterocycles. The number of carbonyl (C=O) groups excluding carboxylic acids is 1. The number of aliphatic hydroxyl groups excluding tert-OH is 1. The molecule has 0 aromatic heterocycles. The number of carboxylic acid groups (broad SMARTS) is 1. The van der Waals surface area contributed by atoms with E-state index in [9.17, 15) is 9.59 Å². The third kappa shape index (κ3) is 3.46. The molecule has 1 aromatic carbocycles. The van der Waals surface area contributed by atoms with Crippen LogP contribution >= 0.6 is 0 Å². The molecule has 1 rings (SSSR count). The van der Waals surface area contributed by atoms with Gasteiger partial charge in [-0.05, 0) is 12.1 Å². The summed E-state index contributed by atoms with van der Waals surface area (Å²) in [6.45, 7) is -0.318. The fourth-order valence-electron chi connectivity index (χ4n) is 1.33. The Hall–Kier alpha value is -2.08. The third-order valence-corrected chi connectivity index (χ3v) is 2.23. The first-order valence-corrected chi connectivity index (χ1v) is 5.05. The topological polar surface area (TPSA) is 113 Å². The maximum atomic E-state index is 11.7. The van der Waals surface area contributed by atoms with E-state index < -0.39 is 17.9 Å². The molecule has 0 saturated heterocycles. The predicted molar refractivity (Wildman–Crippen MR) is 61.4 cm³/mol. The van der Waals surface area contributed by atoms with Gasteiger partial charge in [0.1, 0.15) is 6.04 Å². The summed E-state index contributed by atoms with van der Waals surface area (Å²) in [6.07, 6.45) is -0.0478. The van der Waals surface area contributed by atoms with Crippen molar-refractivity contribution in [1.82, 2.24) is 5.32 Å². The van der Waals surface area contributed by atoms with Crippen molar-refractivity contribution in [3.8, 4) is 0 Å². The van der Waals surface area contributed by atoms with E-state index in [1.54, 1.807) is 18.2 Å². The quantitative estimate of drug-likeness (QED) is 0.532. The lowest BCUT2D eigenvalue weighted by Gasteiger charge is -2.13. The van der Waals surface area contributed by atoms with Crippen LogP contribution in [0.3, 0.4) is 0 Å². The van der Waals surface area contributed by atoms with Gasteiger partial charge in [0.2, 0.25) is 0 Å². The van der Waals surface area contributed by atoms with Crippen LogP contribution in [0.4, 0.5) is 5.69 Å². The average Bonchev–Trinajstić information content (AvgIpc) is 2.28. The van der Waals surface area contributed by atoms with E-state index in [1.165, 1.54) is 6.07 Å². The van der Waals surface area contributed by atoms with Gasteiger partial charge in [-0.3, -0.25) is 4.79 Å². The monoisotopic (exact) mass is 238 g/mol. The molecular weight excluding hydrogens is 224 g/mol. The van der Waals surface area contributed by atoms with Crippen LogP contribution in [0.25, 0.3) is 0 Å². The maximum absolute atomic E-state index is 11.7. The standard InChI is InChI=1S/C11H14N2O4/c12-8-4-2-1-3-7(8)10(15)13-9(5-6-14)11(16)17/h1-4,9,14H,5-6,12H2,(H,13,15)(H,16,17)/t9-/m1/s1. The van der Waals surface area contributed by atoms with Crippen molar-refractivity contribution in [3.05, 3.63) is 29.8 Å². The molecule has 0 saturated carbocycles. The number of hydrogen-bond donors (Lipinski definition) is 4. The number of carboxylic acids is 1. The minimum absolute atomic E-state index is 0.0478. The first-order valence-electron chi connectivity index (χ1n) is 5.05. The molecule has 0 fully saturated rings. The van der Waals surface area contributed by atoms with Crippen molar-refractivity contribution in [2.45, 2.75) is 12.5 Å². The van der Waals surface area contributed by atoms with E-state index in [4.69, 9.17) is 15.9 Å². The van der Waals surface area contributed by atoms with Gasteiger partial charge < -0.3 is 21.3 Å². The van der Waals surface area contributed by atoms with Crippen molar-refractivity contribution in [1.29, 1.82) is 0 Å². The molecule has 1 aromatic rings. The fraction of sp³-hybridized carbons (Fsp3) is 0.273. The Kier molecular flexibility index (Phi) is 4.47. The van der Waals surface area contributed by atoms with Gasteiger partial charge in [0, 0.05) is 18.7 Å². The molecule has 92 valence electrons. The Morgan fingerprint density at radius 1 is 1.35 bits per heavy atom. The summed E-state index contributed by atoms with van der Waals surface area (Å²) in [6, 6.07) is 5.24. The summed E-state index contributed by atoms with van der Waals surface area (Å²) < 4.78 is 0. The van der Waals surface area contributed by atoms with E-state index in [1.807, 2.05) is 0 Å². The fourth-order valence-corrected chi connectivity index (χ4v) is 1.33. The predicted octanol–water partition coefficient (Wildman–Crippen LogP) is -0.166. The van der Waals surface area contributed by atoms with Crippen molar-refractivity contribution in [3.63, 3.8) is 0 Å². The molecule has 0 radical (unpaired) electrons. The number of nitrogens with two attached hydrogens (primary N) is 1. The molecule has 0 bridgehead atoms. The van der Waals surface area contributed by atoms with Crippen LogP contribution in [-0.2, 0) is 4.79 Å². The van der Waals surface area contributed by atoms with Crippen molar-refractivity contribution >= 4 is 17.6 Å². The summed E-state index contributed by atoms with van der Waals surface area (Å²) in [5, 5.41) is 19.8. The minimum atomic E-state index is -1.19. The minimum Gasteiger partial charge on any atom is -0.480 e. The van der Waals surface area contributed by atoms with Crippen LogP contribution in [0, 0.1) is 0 Å². The summed E-state index contributed by atoms with van der Waals surface area (Å²) in [5.74, 6) is -1.76. The highest BCUT2D eigenvalue weighted by atomic mass is 16.4. The number of aliphatic carboxylic acids is 1. The third-order valence-electron chi connectivity index (χ3n) is 2.23. The largest absolute Gasteiger partial charge is 0.480 e. The molecule has 0 aliphatic heterocycles. The van der Waals surface area contributed by atoms with Crippen LogP contribution in [0.1, 0.15) is 16.8 Å². The molecule has 0 aliphatic rings. The highest BCUT2D eigenvalue weighted by Gasteiger charge is 2.20. The Morgan fingerprint density at radius 3 is 2.53 bits per heavy atom. The van der Waals surface area contributed by atoms with Gasteiger partial charge in [-0.25, -0.2) is 4.79 Å². The number of benzene rings is 1. The first kappa shape index (κ1) is 13.0. The molecule has 1 atom stereocenters. The van der Waals surface area contributed by atoms with Gasteiger partial charge in [0.15, 0.2) is 0 Å². The number of para-hydroxylation sites is 1. The van der Waals surface area contributed by atoms with Gasteiger partial charge in [-0.1, -0.05) is 12.1 Å². The van der Waals surface area contributed by atoms with Crippen molar-refractivity contribution < 1.29 is 19.8 Å². The molecule has 6 heteroatoms. The number of amides is 1. The molecule has 6 nitrogen and oxygen atoms in total. The SMILES string of the molecule is Nc1ccccc1C(=O)N[C@H](CCO)C(=O)O. The maximum Gasteiger partial charge on any atom is 0.326 e. The lowest BCUT2D eigenvalue weighted by molar-refractivity contribution is -0.139. The number of nitrogen functional groups attached to an aromatic ring is 1. The number of aliphatic hydroxyl groups is 1. The van der Waals surface area contributed by atoms with Crippen LogP contribution in [-0.4, -0.2) is 34.7 Å². The highest BCUT2D eigenvalue weighted by molar-refractivity contribution is 6.00. The van der Waals surface area contributed by atoms with E-state index in [2.05, 4.69) is 5.32 Å². The first-order chi connectivity index (χ1) is 8.06. The Balaban J connectivity index is 2.77. The summed E-state index contributed by atoms with van der Waals surface area (Å²) in [5.41, 5.74) is 6.08. The molecule has 1 amide bonds. The Labute approximate surface area is 98.1 Å². The van der Waals surface area contributed by atoms with Crippen LogP contribution in [0.2, 0.25) is 0 Å². The molecule has 0 unspecified atom stereocenters. The number of anilines is 1. The summed E-state index contributed by atoms with van der Waals surface area (Å²) in [7, 11) is 0. The van der Waals surface area contributed by atoms with Gasteiger partial charge in [-0.2, -0.15) is 0 Å². The molecule has 0 spiro atoms. The van der Waals surface area contributed by atoms with E-state index in [0.717, 1.165) is 0 Å². The van der Waals surface area contributed by atoms with Crippen LogP contribution in [0.5, 0.6) is 0 Å². The Bertz CT molecular complexity index is 420. The van der Waals surface area contributed by atoms with E-state index in [-0.39, 0.29) is 24.3 Å². The smallest absolute Gasteiger partial charge is 0.326 e. The zero-order valence-electron chi connectivity index (χ0n) is 9.09. The lowest BCUT2D eigenvalue weighted by Crippen LogP contribution is -2.41.